The molecule has 1 N–H and O–H groups in total. The first-order valence-electron chi connectivity index (χ1n) is 10.2. The molecule has 2 fully saturated rings. The van der Waals surface area contributed by atoms with E-state index in [1.54, 1.807) is 12.4 Å². The summed E-state index contributed by atoms with van der Waals surface area (Å²) in [5.74, 6) is -0.477. The Morgan fingerprint density at radius 3 is 2.31 bits per heavy atom. The summed E-state index contributed by atoms with van der Waals surface area (Å²) in [7, 11) is 0. The second kappa shape index (κ2) is 7.76. The van der Waals surface area contributed by atoms with Crippen molar-refractivity contribution >= 4 is 17.3 Å². The molecule has 0 radical (unpaired) electrons. The highest BCUT2D eigenvalue weighted by molar-refractivity contribution is 5.95. The smallest absolute Gasteiger partial charge is 0.255 e. The Morgan fingerprint density at radius 2 is 1.69 bits per heavy atom. The molecule has 6 nitrogen and oxygen atoms in total. The molecule has 4 rings (SSSR count). The standard InChI is InChI=1S/C23H29N3O3/c1-22(2,3)18-4-6-19(7-5-18)25-20-14-17(15-24-16-20)21(27)26-10-8-23(9-11-26)28-12-13-29-23/h4-7,14-16,25H,8-13H2,1-3H3. The maximum Gasteiger partial charge on any atom is 0.255 e. The molecule has 1 spiro atoms. The van der Waals surface area contributed by atoms with Crippen molar-refractivity contribution in [3.63, 3.8) is 0 Å². The van der Waals surface area contributed by atoms with Crippen molar-refractivity contribution in [3.8, 4) is 0 Å². The van der Waals surface area contributed by atoms with Gasteiger partial charge >= 0.3 is 0 Å². The molecule has 2 aliphatic heterocycles. The maximum atomic E-state index is 12.9. The maximum absolute atomic E-state index is 12.9. The summed E-state index contributed by atoms with van der Waals surface area (Å²) in [5, 5.41) is 3.35. The van der Waals surface area contributed by atoms with E-state index >= 15 is 0 Å². The van der Waals surface area contributed by atoms with E-state index in [1.807, 2.05) is 11.0 Å². The number of piperidine rings is 1. The average Bonchev–Trinajstić information content (AvgIpc) is 3.16. The zero-order valence-corrected chi connectivity index (χ0v) is 17.4. The van der Waals surface area contributed by atoms with Gasteiger partial charge < -0.3 is 19.7 Å². The number of likely N-dealkylation sites (tertiary alicyclic amines) is 1. The molecule has 154 valence electrons. The Hall–Kier alpha value is -2.44. The zero-order chi connectivity index (χ0) is 20.5. The molecule has 29 heavy (non-hydrogen) atoms. The van der Waals surface area contributed by atoms with E-state index < -0.39 is 5.79 Å². The number of nitrogens with one attached hydrogen (secondary N) is 1. The van der Waals surface area contributed by atoms with Gasteiger partial charge in [-0.15, -0.1) is 0 Å². The number of anilines is 2. The van der Waals surface area contributed by atoms with Gasteiger partial charge in [0.25, 0.3) is 5.91 Å². The summed E-state index contributed by atoms with van der Waals surface area (Å²) in [6.45, 7) is 9.13. The van der Waals surface area contributed by atoms with Gasteiger partial charge in [0.05, 0.1) is 30.7 Å². The SMILES string of the molecule is CC(C)(C)c1ccc(Nc2cncc(C(=O)N3CCC4(CC3)OCCO4)c2)cc1. The molecular formula is C23H29N3O3. The molecular weight excluding hydrogens is 366 g/mol. The molecule has 1 aromatic heterocycles. The summed E-state index contributed by atoms with van der Waals surface area (Å²) in [4.78, 5) is 19.1. The summed E-state index contributed by atoms with van der Waals surface area (Å²) in [6.07, 6.45) is 4.79. The predicted octanol–water partition coefficient (Wildman–Crippen LogP) is 4.10. The Bertz CT molecular complexity index is 858. The number of amides is 1. The third-order valence-corrected chi connectivity index (χ3v) is 5.65. The minimum absolute atomic E-state index is 0.00271. The Balaban J connectivity index is 1.41. The second-order valence-electron chi connectivity index (χ2n) is 8.81. The lowest BCUT2D eigenvalue weighted by Gasteiger charge is -2.37. The number of hydrogen-bond acceptors (Lipinski definition) is 5. The van der Waals surface area contributed by atoms with Gasteiger partial charge in [-0.25, -0.2) is 0 Å². The van der Waals surface area contributed by atoms with E-state index in [1.165, 1.54) is 5.56 Å². The molecule has 2 aliphatic rings. The van der Waals surface area contributed by atoms with E-state index in [4.69, 9.17) is 9.47 Å². The van der Waals surface area contributed by atoms with Crippen molar-refractivity contribution in [3.05, 3.63) is 53.9 Å². The first kappa shape index (κ1) is 19.9. The van der Waals surface area contributed by atoms with Crippen LogP contribution in [-0.4, -0.2) is 47.9 Å². The fourth-order valence-corrected chi connectivity index (χ4v) is 3.86. The van der Waals surface area contributed by atoms with Crippen LogP contribution in [-0.2, 0) is 14.9 Å². The lowest BCUT2D eigenvalue weighted by Crippen LogP contribution is -2.47. The van der Waals surface area contributed by atoms with Gasteiger partial charge in [-0.05, 0) is 29.2 Å². The monoisotopic (exact) mass is 395 g/mol. The van der Waals surface area contributed by atoms with Crippen LogP contribution in [0.5, 0.6) is 0 Å². The number of hydrogen-bond donors (Lipinski definition) is 1. The van der Waals surface area contributed by atoms with Gasteiger partial charge in [-0.1, -0.05) is 32.9 Å². The van der Waals surface area contributed by atoms with Crippen LogP contribution in [0.25, 0.3) is 0 Å². The van der Waals surface area contributed by atoms with Gasteiger partial charge in [0, 0.05) is 37.8 Å². The zero-order valence-electron chi connectivity index (χ0n) is 17.4. The molecule has 1 aromatic carbocycles. The third kappa shape index (κ3) is 4.43. The van der Waals surface area contributed by atoms with Gasteiger partial charge in [0.15, 0.2) is 5.79 Å². The number of benzene rings is 1. The first-order valence-corrected chi connectivity index (χ1v) is 10.2. The Morgan fingerprint density at radius 1 is 1.03 bits per heavy atom. The van der Waals surface area contributed by atoms with E-state index in [-0.39, 0.29) is 11.3 Å². The second-order valence-corrected chi connectivity index (χ2v) is 8.81. The van der Waals surface area contributed by atoms with Crippen molar-refractivity contribution in [2.45, 2.75) is 44.8 Å². The molecule has 0 atom stereocenters. The Kier molecular flexibility index (Phi) is 5.32. The summed E-state index contributed by atoms with van der Waals surface area (Å²) < 4.78 is 11.5. The molecule has 0 unspecified atom stereocenters. The predicted molar refractivity (Wildman–Crippen MR) is 112 cm³/mol. The number of ether oxygens (including phenoxy) is 2. The largest absolute Gasteiger partial charge is 0.354 e. The van der Waals surface area contributed by atoms with Crippen LogP contribution in [0.1, 0.15) is 49.5 Å². The topological polar surface area (TPSA) is 63.7 Å². The number of nitrogens with zero attached hydrogens (tertiary/aromatic N) is 2. The summed E-state index contributed by atoms with van der Waals surface area (Å²) >= 11 is 0. The molecule has 6 heteroatoms. The van der Waals surface area contributed by atoms with Crippen molar-refractivity contribution < 1.29 is 14.3 Å². The van der Waals surface area contributed by atoms with Crippen LogP contribution in [0.2, 0.25) is 0 Å². The fourth-order valence-electron chi connectivity index (χ4n) is 3.86. The van der Waals surface area contributed by atoms with Gasteiger partial charge in [-0.3, -0.25) is 9.78 Å². The molecule has 0 saturated carbocycles. The highest BCUT2D eigenvalue weighted by atomic mass is 16.7. The molecule has 1 amide bonds. The van der Waals surface area contributed by atoms with Crippen molar-refractivity contribution in [1.82, 2.24) is 9.88 Å². The average molecular weight is 396 g/mol. The van der Waals surface area contributed by atoms with Crippen molar-refractivity contribution in [2.75, 3.05) is 31.6 Å². The number of carbonyl (C=O) groups is 1. The molecule has 3 heterocycles. The lowest BCUT2D eigenvalue weighted by atomic mass is 9.87. The van der Waals surface area contributed by atoms with E-state index in [0.717, 1.165) is 11.4 Å². The van der Waals surface area contributed by atoms with E-state index in [9.17, 15) is 4.79 Å². The van der Waals surface area contributed by atoms with Crippen LogP contribution >= 0.6 is 0 Å². The number of aromatic nitrogens is 1. The van der Waals surface area contributed by atoms with E-state index in [2.05, 4.69) is 55.3 Å². The van der Waals surface area contributed by atoms with Crippen LogP contribution in [0, 0.1) is 0 Å². The first-order chi connectivity index (χ1) is 13.8. The van der Waals surface area contributed by atoms with Gasteiger partial charge in [0.2, 0.25) is 0 Å². The van der Waals surface area contributed by atoms with Gasteiger partial charge in [0.1, 0.15) is 0 Å². The summed E-state index contributed by atoms with van der Waals surface area (Å²) in [5.41, 5.74) is 3.76. The Labute approximate surface area is 172 Å². The van der Waals surface area contributed by atoms with Crippen molar-refractivity contribution in [1.29, 1.82) is 0 Å². The minimum Gasteiger partial charge on any atom is -0.354 e. The molecule has 2 saturated heterocycles. The summed E-state index contributed by atoms with van der Waals surface area (Å²) in [6, 6.07) is 10.2. The van der Waals surface area contributed by atoms with Crippen LogP contribution in [0.4, 0.5) is 11.4 Å². The van der Waals surface area contributed by atoms with Crippen molar-refractivity contribution in [2.24, 2.45) is 0 Å². The molecule has 0 aliphatic carbocycles. The number of rotatable bonds is 3. The molecule has 2 aromatic rings. The number of carbonyl (C=O) groups excluding carboxylic acids is 1. The van der Waals surface area contributed by atoms with Crippen LogP contribution in [0.3, 0.4) is 0 Å². The van der Waals surface area contributed by atoms with E-state index in [0.29, 0.717) is 44.7 Å². The highest BCUT2D eigenvalue weighted by Crippen LogP contribution is 2.32. The van der Waals surface area contributed by atoms with Gasteiger partial charge in [-0.2, -0.15) is 0 Å². The third-order valence-electron chi connectivity index (χ3n) is 5.65. The lowest BCUT2D eigenvalue weighted by molar-refractivity contribution is -0.181. The molecule has 0 bridgehead atoms. The number of pyridine rings is 1. The fraction of sp³-hybridized carbons (Fsp3) is 0.478. The highest BCUT2D eigenvalue weighted by Gasteiger charge is 2.40. The van der Waals surface area contributed by atoms with Crippen LogP contribution in [0.15, 0.2) is 42.7 Å². The quantitative estimate of drug-likeness (QED) is 0.848. The minimum atomic E-state index is -0.475. The van der Waals surface area contributed by atoms with Crippen LogP contribution < -0.4 is 5.32 Å². The normalized spacial score (nSPS) is 18.8.